The number of benzene rings is 1. The van der Waals surface area contributed by atoms with E-state index in [2.05, 4.69) is 10.3 Å². The van der Waals surface area contributed by atoms with E-state index >= 15 is 0 Å². The highest BCUT2D eigenvalue weighted by molar-refractivity contribution is 7.07. The predicted octanol–water partition coefficient (Wildman–Crippen LogP) is 2.25. The molecule has 0 atom stereocenters. The molecule has 0 bridgehead atoms. The van der Waals surface area contributed by atoms with Crippen LogP contribution in [0, 0.1) is 6.92 Å². The van der Waals surface area contributed by atoms with Gasteiger partial charge in [0.15, 0.2) is 0 Å². The van der Waals surface area contributed by atoms with Crippen molar-refractivity contribution in [1.82, 2.24) is 10.3 Å². The predicted molar refractivity (Wildman–Crippen MR) is 80.5 cm³/mol. The third kappa shape index (κ3) is 4.28. The van der Waals surface area contributed by atoms with Gasteiger partial charge in [0.25, 0.3) is 0 Å². The molecule has 0 radical (unpaired) electrons. The Bertz CT molecular complexity index is 611. The maximum Gasteiger partial charge on any atom is 0.323 e. The Kier molecular flexibility index (Phi) is 4.89. The van der Waals surface area contributed by atoms with Crippen molar-refractivity contribution in [3.8, 4) is 0 Å². The van der Waals surface area contributed by atoms with Crippen molar-refractivity contribution in [2.75, 3.05) is 11.4 Å². The van der Waals surface area contributed by atoms with Gasteiger partial charge < -0.3 is 10.4 Å². The van der Waals surface area contributed by atoms with Crippen molar-refractivity contribution in [1.29, 1.82) is 0 Å². The van der Waals surface area contributed by atoms with Crippen molar-refractivity contribution in [3.63, 3.8) is 0 Å². The molecule has 0 aliphatic carbocycles. The summed E-state index contributed by atoms with van der Waals surface area (Å²) in [6.45, 7) is 1.80. The summed E-state index contributed by atoms with van der Waals surface area (Å²) >= 11 is 1.44. The number of urea groups is 1. The van der Waals surface area contributed by atoms with Gasteiger partial charge in [-0.15, -0.1) is 11.3 Å². The lowest BCUT2D eigenvalue weighted by Crippen LogP contribution is -2.42. The summed E-state index contributed by atoms with van der Waals surface area (Å²) < 4.78 is 0. The number of aliphatic carboxylic acids is 1. The number of anilines is 1. The van der Waals surface area contributed by atoms with Crippen LogP contribution in [0.4, 0.5) is 10.5 Å². The van der Waals surface area contributed by atoms with Crippen molar-refractivity contribution in [2.45, 2.75) is 13.5 Å². The van der Waals surface area contributed by atoms with E-state index in [9.17, 15) is 9.59 Å². The Balaban J connectivity index is 2.09. The Morgan fingerprint density at radius 2 is 2.05 bits per heavy atom. The molecule has 2 aromatic rings. The fourth-order valence-corrected chi connectivity index (χ4v) is 2.29. The zero-order chi connectivity index (χ0) is 15.2. The highest BCUT2D eigenvalue weighted by atomic mass is 32.1. The van der Waals surface area contributed by atoms with E-state index in [0.717, 1.165) is 11.3 Å². The van der Waals surface area contributed by atoms with Gasteiger partial charge in [0.05, 0.1) is 17.7 Å². The molecule has 110 valence electrons. The first-order valence-corrected chi connectivity index (χ1v) is 7.21. The molecule has 0 fully saturated rings. The van der Waals surface area contributed by atoms with Crippen molar-refractivity contribution in [3.05, 3.63) is 46.4 Å². The average Bonchev–Trinajstić information content (AvgIpc) is 2.96. The SMILES string of the molecule is Cc1ccc(N(CC(=O)O)C(=O)NCc2cscn2)cc1. The van der Waals surface area contributed by atoms with Crippen LogP contribution in [0.3, 0.4) is 0 Å². The molecule has 0 aliphatic heterocycles. The maximum atomic E-state index is 12.2. The topological polar surface area (TPSA) is 82.5 Å². The fraction of sp³-hybridized carbons (Fsp3) is 0.214. The van der Waals surface area contributed by atoms with Gasteiger partial charge in [-0.2, -0.15) is 0 Å². The Hall–Kier alpha value is -2.41. The lowest BCUT2D eigenvalue weighted by atomic mass is 10.2. The van der Waals surface area contributed by atoms with Crippen molar-refractivity contribution < 1.29 is 14.7 Å². The van der Waals surface area contributed by atoms with Gasteiger partial charge in [0, 0.05) is 11.1 Å². The molecular formula is C14H15N3O3S. The summed E-state index contributed by atoms with van der Waals surface area (Å²) in [6, 6.07) is 6.64. The third-order valence-electron chi connectivity index (χ3n) is 2.79. The van der Waals surface area contributed by atoms with Crippen LogP contribution in [0.25, 0.3) is 0 Å². The minimum Gasteiger partial charge on any atom is -0.480 e. The molecule has 7 heteroatoms. The number of hydrogen-bond acceptors (Lipinski definition) is 4. The van der Waals surface area contributed by atoms with Crippen LogP contribution in [-0.4, -0.2) is 28.6 Å². The van der Waals surface area contributed by atoms with E-state index in [-0.39, 0.29) is 6.54 Å². The minimum atomic E-state index is -1.07. The molecule has 0 spiro atoms. The highest BCUT2D eigenvalue weighted by Gasteiger charge is 2.18. The molecule has 0 aliphatic rings. The third-order valence-corrected chi connectivity index (χ3v) is 3.42. The Morgan fingerprint density at radius 1 is 1.33 bits per heavy atom. The van der Waals surface area contributed by atoms with Gasteiger partial charge in [-0.1, -0.05) is 17.7 Å². The van der Waals surface area contributed by atoms with Crippen LogP contribution in [0.2, 0.25) is 0 Å². The standard InChI is InChI=1S/C14H15N3O3S/c1-10-2-4-12(5-3-10)17(7-13(18)19)14(20)15-6-11-8-21-9-16-11/h2-5,8-9H,6-7H2,1H3,(H,15,20)(H,18,19). The number of carboxylic acids is 1. The maximum absolute atomic E-state index is 12.2. The molecule has 2 rings (SSSR count). The molecule has 2 amide bonds. The van der Waals surface area contributed by atoms with Gasteiger partial charge >= 0.3 is 12.0 Å². The van der Waals surface area contributed by atoms with Crippen molar-refractivity contribution in [2.24, 2.45) is 0 Å². The normalized spacial score (nSPS) is 10.1. The number of carboxylic acid groups (broad SMARTS) is 1. The van der Waals surface area contributed by atoms with E-state index in [4.69, 9.17) is 5.11 Å². The molecule has 6 nitrogen and oxygen atoms in total. The van der Waals surface area contributed by atoms with E-state index in [1.807, 2.05) is 24.4 Å². The minimum absolute atomic E-state index is 0.268. The second-order valence-electron chi connectivity index (χ2n) is 4.45. The summed E-state index contributed by atoms with van der Waals surface area (Å²) in [5, 5.41) is 13.5. The fourth-order valence-electron chi connectivity index (χ4n) is 1.73. The van der Waals surface area contributed by atoms with Gasteiger partial charge in [0.1, 0.15) is 6.54 Å². The zero-order valence-corrected chi connectivity index (χ0v) is 12.3. The number of aromatic nitrogens is 1. The van der Waals surface area contributed by atoms with Crippen LogP contribution in [0.5, 0.6) is 0 Å². The number of amides is 2. The van der Waals surface area contributed by atoms with Crippen LogP contribution >= 0.6 is 11.3 Å². The van der Waals surface area contributed by atoms with E-state index in [1.54, 1.807) is 17.6 Å². The number of aryl methyl sites for hydroxylation is 1. The molecule has 2 N–H and O–H groups in total. The molecule has 1 aromatic heterocycles. The second kappa shape index (κ2) is 6.85. The molecule has 1 heterocycles. The van der Waals surface area contributed by atoms with E-state index in [1.165, 1.54) is 16.2 Å². The van der Waals surface area contributed by atoms with Crippen molar-refractivity contribution >= 4 is 29.0 Å². The Morgan fingerprint density at radius 3 is 2.62 bits per heavy atom. The van der Waals surface area contributed by atoms with E-state index in [0.29, 0.717) is 5.69 Å². The first kappa shape index (κ1) is 15.0. The van der Waals surface area contributed by atoms with Crippen LogP contribution < -0.4 is 10.2 Å². The van der Waals surface area contributed by atoms with Gasteiger partial charge in [-0.3, -0.25) is 9.69 Å². The number of thiazole rings is 1. The van der Waals surface area contributed by atoms with Gasteiger partial charge in [-0.05, 0) is 19.1 Å². The summed E-state index contributed by atoms with van der Waals surface area (Å²) in [5.74, 6) is -1.07. The number of nitrogens with one attached hydrogen (secondary N) is 1. The lowest BCUT2D eigenvalue weighted by Gasteiger charge is -2.21. The second-order valence-corrected chi connectivity index (χ2v) is 5.17. The number of rotatable bonds is 5. The van der Waals surface area contributed by atoms with Gasteiger partial charge in [0.2, 0.25) is 0 Å². The summed E-state index contributed by atoms with van der Waals surface area (Å²) in [7, 11) is 0. The van der Waals surface area contributed by atoms with Crippen LogP contribution in [-0.2, 0) is 11.3 Å². The summed E-state index contributed by atoms with van der Waals surface area (Å²) in [4.78, 5) is 28.4. The zero-order valence-electron chi connectivity index (χ0n) is 11.4. The monoisotopic (exact) mass is 305 g/mol. The molecule has 0 unspecified atom stereocenters. The molecular weight excluding hydrogens is 290 g/mol. The molecule has 21 heavy (non-hydrogen) atoms. The average molecular weight is 305 g/mol. The van der Waals surface area contributed by atoms with Crippen LogP contribution in [0.1, 0.15) is 11.3 Å². The first-order chi connectivity index (χ1) is 10.1. The molecule has 0 saturated carbocycles. The summed E-state index contributed by atoms with van der Waals surface area (Å²) in [5.41, 5.74) is 4.00. The van der Waals surface area contributed by atoms with E-state index < -0.39 is 18.5 Å². The first-order valence-electron chi connectivity index (χ1n) is 6.27. The summed E-state index contributed by atoms with van der Waals surface area (Å²) in [6.07, 6.45) is 0. The van der Waals surface area contributed by atoms with Crippen LogP contribution in [0.15, 0.2) is 35.2 Å². The quantitative estimate of drug-likeness (QED) is 0.887. The smallest absolute Gasteiger partial charge is 0.323 e. The lowest BCUT2D eigenvalue weighted by molar-refractivity contribution is -0.135. The molecule has 0 saturated heterocycles. The Labute approximate surface area is 126 Å². The van der Waals surface area contributed by atoms with Gasteiger partial charge in [-0.25, -0.2) is 9.78 Å². The number of nitrogens with zero attached hydrogens (tertiary/aromatic N) is 2. The number of carbonyl (C=O) groups is 2. The molecule has 1 aromatic carbocycles. The highest BCUT2D eigenvalue weighted by Crippen LogP contribution is 2.15. The largest absolute Gasteiger partial charge is 0.480 e. The number of carbonyl (C=O) groups excluding carboxylic acids is 1. The number of hydrogen-bond donors (Lipinski definition) is 2.